The topological polar surface area (TPSA) is 85.8 Å². The van der Waals surface area contributed by atoms with Crippen molar-refractivity contribution in [2.24, 2.45) is 0 Å². The van der Waals surface area contributed by atoms with Crippen LogP contribution in [0, 0.1) is 0 Å². The summed E-state index contributed by atoms with van der Waals surface area (Å²) in [6, 6.07) is 5.35. The van der Waals surface area contributed by atoms with E-state index < -0.39 is 6.10 Å². The van der Waals surface area contributed by atoms with Crippen molar-refractivity contribution in [1.29, 1.82) is 0 Å². The molecule has 0 aliphatic carbocycles. The summed E-state index contributed by atoms with van der Waals surface area (Å²) in [7, 11) is 0. The molecule has 7 nitrogen and oxygen atoms in total. The van der Waals surface area contributed by atoms with Crippen LogP contribution in [0.5, 0.6) is 0 Å². The summed E-state index contributed by atoms with van der Waals surface area (Å²) in [5.41, 5.74) is 0.802. The maximum atomic E-state index is 12.8. The lowest BCUT2D eigenvalue weighted by Gasteiger charge is -2.13. The number of rotatable bonds is 8. The summed E-state index contributed by atoms with van der Waals surface area (Å²) in [4.78, 5) is 26.1. The second-order valence-corrected chi connectivity index (χ2v) is 6.66. The molecule has 27 heavy (non-hydrogen) atoms. The molecule has 0 fully saturated rings. The van der Waals surface area contributed by atoms with Crippen LogP contribution < -0.4 is 5.56 Å². The molecule has 0 saturated heterocycles. The van der Waals surface area contributed by atoms with E-state index in [0.29, 0.717) is 47.1 Å². The van der Waals surface area contributed by atoms with E-state index in [9.17, 15) is 9.90 Å². The zero-order chi connectivity index (χ0) is 19.4. The number of hydrogen-bond donors (Lipinski definition) is 1. The van der Waals surface area contributed by atoms with Gasteiger partial charge in [-0.1, -0.05) is 30.0 Å². The van der Waals surface area contributed by atoms with Gasteiger partial charge in [0, 0.05) is 6.20 Å². The number of hydrogen-bond acceptors (Lipinski definition) is 6. The number of thioether (sulfide) groups is 1. The molecule has 0 aliphatic rings. The Morgan fingerprint density at radius 1 is 1.30 bits per heavy atom. The Bertz CT molecular complexity index is 1040. The van der Waals surface area contributed by atoms with Crippen molar-refractivity contribution in [2.75, 3.05) is 6.26 Å². The Hall–Kier alpha value is -2.71. The van der Waals surface area contributed by atoms with Gasteiger partial charge in [-0.3, -0.25) is 4.79 Å². The van der Waals surface area contributed by atoms with Crippen LogP contribution in [0.1, 0.15) is 24.6 Å². The molecule has 8 heteroatoms. The fraction of sp³-hybridized carbons (Fsp3) is 0.263. The van der Waals surface area contributed by atoms with Crippen LogP contribution in [-0.2, 0) is 6.54 Å². The third-order valence-corrected chi connectivity index (χ3v) is 4.66. The summed E-state index contributed by atoms with van der Waals surface area (Å²) >= 11 is 1.40. The van der Waals surface area contributed by atoms with Crippen molar-refractivity contribution in [2.45, 2.75) is 30.6 Å². The lowest BCUT2D eigenvalue weighted by atomic mass is 10.1. The van der Waals surface area contributed by atoms with E-state index in [0.717, 1.165) is 0 Å². The number of fused-ring (bicyclic) bond motifs is 1. The molecule has 0 aromatic carbocycles. The molecule has 1 N–H and O–H groups in total. The monoisotopic (exact) mass is 383 g/mol. The van der Waals surface area contributed by atoms with E-state index in [1.807, 2.05) is 6.26 Å². The third kappa shape index (κ3) is 3.72. The van der Waals surface area contributed by atoms with Gasteiger partial charge in [0.15, 0.2) is 16.6 Å². The standard InChI is InChI=1S/C19H21N5O2S/c1-4-6-9-15(25)14-8-7-10-16(21-14)24-17-13(12-20-19(22-17)27-3)18(26)23(24)11-5-2/h4-5,7-8,10,12,15,25H,1-2,6,9,11H2,3H3. The first-order chi connectivity index (χ1) is 13.1. The van der Waals surface area contributed by atoms with Gasteiger partial charge in [-0.15, -0.1) is 13.2 Å². The highest BCUT2D eigenvalue weighted by atomic mass is 32.2. The summed E-state index contributed by atoms with van der Waals surface area (Å²) in [5, 5.41) is 11.3. The van der Waals surface area contributed by atoms with E-state index in [-0.39, 0.29) is 5.56 Å². The second kappa shape index (κ2) is 8.32. The van der Waals surface area contributed by atoms with Crippen LogP contribution in [0.15, 0.2) is 59.7 Å². The Kier molecular flexibility index (Phi) is 5.88. The number of pyridine rings is 1. The van der Waals surface area contributed by atoms with Gasteiger partial charge in [0.1, 0.15) is 5.39 Å². The van der Waals surface area contributed by atoms with Crippen molar-refractivity contribution in [1.82, 2.24) is 24.3 Å². The number of allylic oxidation sites excluding steroid dienone is 2. The minimum Gasteiger partial charge on any atom is -0.387 e. The Labute approximate surface area is 161 Å². The van der Waals surface area contributed by atoms with E-state index >= 15 is 0 Å². The average molecular weight is 383 g/mol. The Morgan fingerprint density at radius 2 is 2.11 bits per heavy atom. The predicted octanol–water partition coefficient (Wildman–Crippen LogP) is 2.88. The highest BCUT2D eigenvalue weighted by molar-refractivity contribution is 7.98. The number of aliphatic hydroxyl groups is 1. The van der Waals surface area contributed by atoms with Crippen molar-refractivity contribution in [3.63, 3.8) is 0 Å². The maximum Gasteiger partial charge on any atom is 0.278 e. The van der Waals surface area contributed by atoms with Crippen molar-refractivity contribution in [3.8, 4) is 5.82 Å². The van der Waals surface area contributed by atoms with Gasteiger partial charge < -0.3 is 5.11 Å². The number of aliphatic hydroxyl groups excluding tert-OH is 1. The van der Waals surface area contributed by atoms with E-state index in [1.54, 1.807) is 35.0 Å². The molecular weight excluding hydrogens is 362 g/mol. The summed E-state index contributed by atoms with van der Waals surface area (Å²) in [6.07, 6.45) is 7.32. The molecule has 3 heterocycles. The largest absolute Gasteiger partial charge is 0.387 e. The maximum absolute atomic E-state index is 12.8. The zero-order valence-corrected chi connectivity index (χ0v) is 15.9. The van der Waals surface area contributed by atoms with Gasteiger partial charge in [-0.05, 0) is 31.2 Å². The molecule has 3 rings (SSSR count). The quantitative estimate of drug-likeness (QED) is 0.366. The predicted molar refractivity (Wildman–Crippen MR) is 107 cm³/mol. The van der Waals surface area contributed by atoms with Crippen LogP contribution in [0.4, 0.5) is 0 Å². The second-order valence-electron chi connectivity index (χ2n) is 5.88. The van der Waals surface area contributed by atoms with Gasteiger partial charge in [0.2, 0.25) is 0 Å². The molecule has 140 valence electrons. The molecule has 1 atom stereocenters. The van der Waals surface area contributed by atoms with E-state index in [1.165, 1.54) is 22.6 Å². The average Bonchev–Trinajstić information content (AvgIpc) is 2.97. The normalized spacial score (nSPS) is 12.2. The first-order valence-electron chi connectivity index (χ1n) is 8.50. The van der Waals surface area contributed by atoms with Crippen LogP contribution in [0.25, 0.3) is 16.9 Å². The Balaban J connectivity index is 2.20. The molecular formula is C19H21N5O2S. The van der Waals surface area contributed by atoms with Gasteiger partial charge in [-0.25, -0.2) is 24.3 Å². The molecule has 0 radical (unpaired) electrons. The number of aromatic nitrogens is 5. The van der Waals surface area contributed by atoms with Gasteiger partial charge in [-0.2, -0.15) is 0 Å². The van der Waals surface area contributed by atoms with Crippen LogP contribution in [0.2, 0.25) is 0 Å². The Morgan fingerprint density at radius 3 is 2.81 bits per heavy atom. The SMILES string of the molecule is C=CCCC(O)c1cccc(-n2c3nc(SC)ncc3c(=O)n2CC=C)n1. The minimum atomic E-state index is -0.708. The molecule has 3 aromatic heterocycles. The number of nitrogens with zero attached hydrogens (tertiary/aromatic N) is 5. The fourth-order valence-corrected chi connectivity index (χ4v) is 3.13. The van der Waals surface area contributed by atoms with Gasteiger partial charge in [0.25, 0.3) is 5.56 Å². The highest BCUT2D eigenvalue weighted by Crippen LogP contribution is 2.21. The fourth-order valence-electron chi connectivity index (χ4n) is 2.80. The lowest BCUT2D eigenvalue weighted by Crippen LogP contribution is -2.22. The molecule has 0 bridgehead atoms. The van der Waals surface area contributed by atoms with Crippen LogP contribution >= 0.6 is 11.8 Å². The van der Waals surface area contributed by atoms with Crippen molar-refractivity contribution >= 4 is 22.8 Å². The zero-order valence-electron chi connectivity index (χ0n) is 15.1. The van der Waals surface area contributed by atoms with Gasteiger partial charge >= 0.3 is 0 Å². The molecule has 0 aliphatic heterocycles. The third-order valence-electron chi connectivity index (χ3n) is 4.10. The summed E-state index contributed by atoms with van der Waals surface area (Å²) in [5.74, 6) is 0.504. The molecule has 0 spiro atoms. The van der Waals surface area contributed by atoms with E-state index in [4.69, 9.17) is 0 Å². The molecule has 0 amide bonds. The van der Waals surface area contributed by atoms with Crippen molar-refractivity contribution in [3.05, 3.63) is 65.8 Å². The summed E-state index contributed by atoms with van der Waals surface area (Å²) < 4.78 is 3.17. The molecule has 3 aromatic rings. The lowest BCUT2D eigenvalue weighted by molar-refractivity contribution is 0.164. The van der Waals surface area contributed by atoms with Crippen molar-refractivity contribution < 1.29 is 5.11 Å². The molecule has 0 saturated carbocycles. The first kappa shape index (κ1) is 19.1. The molecule has 1 unspecified atom stereocenters. The smallest absolute Gasteiger partial charge is 0.278 e. The van der Waals surface area contributed by atoms with Crippen LogP contribution in [-0.4, -0.2) is 35.7 Å². The minimum absolute atomic E-state index is 0.211. The highest BCUT2D eigenvalue weighted by Gasteiger charge is 2.18. The van der Waals surface area contributed by atoms with E-state index in [2.05, 4.69) is 28.1 Å². The summed E-state index contributed by atoms with van der Waals surface area (Å²) in [6.45, 7) is 7.71. The van der Waals surface area contributed by atoms with Gasteiger partial charge in [0.05, 0.1) is 18.3 Å². The van der Waals surface area contributed by atoms with Crippen LogP contribution in [0.3, 0.4) is 0 Å². The first-order valence-corrected chi connectivity index (χ1v) is 9.73.